The molecule has 16 nitrogen and oxygen atoms in total. The van der Waals surface area contributed by atoms with E-state index in [1.54, 1.807) is 0 Å². The number of hydrogen-bond donors (Lipinski definition) is 8. The molecule has 8 aromatic carbocycles. The van der Waals surface area contributed by atoms with Crippen LogP contribution in [0.5, 0.6) is 46.0 Å². The molecule has 8 aromatic rings. The van der Waals surface area contributed by atoms with Crippen molar-refractivity contribution in [2.45, 2.75) is 281 Å². The minimum atomic E-state index is 0. The quantitative estimate of drug-likeness (QED) is 0.0267. The zero-order valence-corrected chi connectivity index (χ0v) is 76.1. The van der Waals surface area contributed by atoms with Gasteiger partial charge in [-0.1, -0.05) is 167 Å². The van der Waals surface area contributed by atoms with Crippen molar-refractivity contribution in [1.82, 2.24) is 39.2 Å². The van der Waals surface area contributed by atoms with Gasteiger partial charge >= 0.3 is 0 Å². The third-order valence-corrected chi connectivity index (χ3v) is 28.1. The number of likely N-dealkylation sites (tertiary alicyclic amines) is 8. The monoisotopic (exact) mass is 1780 g/mol. The van der Waals surface area contributed by atoms with Gasteiger partial charge in [0.25, 0.3) is 0 Å². The second kappa shape index (κ2) is 52.9. The molecule has 0 unspecified atom stereocenters. The van der Waals surface area contributed by atoms with E-state index < -0.39 is 0 Å². The summed E-state index contributed by atoms with van der Waals surface area (Å²) in [7, 11) is 0. The van der Waals surface area contributed by atoms with Crippen LogP contribution < -0.4 is 0 Å². The first-order valence-electron chi connectivity index (χ1n) is 47.1. The fourth-order valence-corrected chi connectivity index (χ4v) is 19.3. The summed E-state index contributed by atoms with van der Waals surface area (Å²) < 4.78 is 0. The van der Waals surface area contributed by atoms with Crippen LogP contribution in [0.4, 0.5) is 0 Å². The topological polar surface area (TPSA) is 188 Å². The first kappa shape index (κ1) is 108. The Balaban J connectivity index is 0.000000234. The van der Waals surface area contributed by atoms with Gasteiger partial charge < -0.3 is 40.9 Å². The summed E-state index contributed by atoms with van der Waals surface area (Å²) in [6.45, 7) is 41.2. The number of hydrogen-bond acceptors (Lipinski definition) is 16. The molecule has 8 aliphatic rings. The van der Waals surface area contributed by atoms with Crippen molar-refractivity contribution in [1.29, 1.82) is 0 Å². The zero-order chi connectivity index (χ0) is 87.2. The molecule has 0 spiro atoms. The standard InChI is InChI=1S/2C28H38N2O2.2C26H34N2O2.6CH4/c2*1-21(23-9-11-25(27(31)17-23)19-29-13-5-3-6-14-29)22(2)24-10-12-26(28(32)18-24)20-30-15-7-4-8-16-30;2*1-19(21-7-9-23(25(29)15-21)17-27-11-3-4-12-27)20(2)22-8-10-24(26(30)16-22)18-28-13-5-6-14-28;;;;;;/h2*9-12,17-18,31-32H,3-8,13-16,19-20H2,1-2H3;2*7-10,15-16,29-30H,3-6,11-14,17-18H2,1-2H3;6*1H4/b22-21+;22-21-;20-19+;20-19-;;;;;;. The second-order valence-corrected chi connectivity index (χ2v) is 37.0. The highest BCUT2D eigenvalue weighted by molar-refractivity contribution is 5.92. The highest BCUT2D eigenvalue weighted by Gasteiger charge is 2.24. The number of rotatable bonds is 24. The maximum absolute atomic E-state index is 10.7. The smallest absolute Gasteiger partial charge is 0.120 e. The SMILES string of the molecule is C.C.C.C.C.C.C/C(=C(/C)c1ccc(CN2CCCC2)c(O)c1)c1ccc(CN2CCCC2)c(O)c1.C/C(=C(/C)c1ccc(CN2CCCCC2)c(O)c1)c1ccc(CN2CCCCC2)c(O)c1.C/C(=C(\C)c1ccc(CN2CCCC2)c(O)c1)c1ccc(CN2CCCC2)c(O)c1.C/C(=C(\C)c1ccc(CN2CCCCC2)c(O)c1)c1ccc(CN2CCCCC2)c(O)c1. The van der Waals surface area contributed by atoms with Crippen molar-refractivity contribution < 1.29 is 40.9 Å². The van der Waals surface area contributed by atoms with E-state index in [1.165, 1.54) is 128 Å². The van der Waals surface area contributed by atoms with Gasteiger partial charge in [0.2, 0.25) is 0 Å². The molecular formula is C114H168N8O8. The van der Waals surface area contributed by atoms with E-state index >= 15 is 0 Å². The lowest BCUT2D eigenvalue weighted by atomic mass is 9.95. The number of nitrogens with zero attached hydrogens (tertiary/aromatic N) is 8. The largest absolute Gasteiger partial charge is 0.508 e. The number of allylic oxidation sites excluding steroid dienone is 8. The fourth-order valence-electron chi connectivity index (χ4n) is 19.3. The number of benzene rings is 8. The van der Waals surface area contributed by atoms with Gasteiger partial charge in [-0.25, -0.2) is 0 Å². The predicted molar refractivity (Wildman–Crippen MR) is 552 cm³/mol. The Labute approximate surface area is 786 Å². The van der Waals surface area contributed by atoms with Crippen LogP contribution in [0.2, 0.25) is 0 Å². The van der Waals surface area contributed by atoms with Crippen LogP contribution in [-0.2, 0) is 52.4 Å². The molecule has 8 heterocycles. The van der Waals surface area contributed by atoms with Crippen LogP contribution in [0.1, 0.15) is 317 Å². The van der Waals surface area contributed by atoms with Crippen molar-refractivity contribution >= 4 is 44.6 Å². The zero-order valence-electron chi connectivity index (χ0n) is 76.1. The average molecular weight is 1780 g/mol. The molecule has 0 bridgehead atoms. The average Bonchev–Trinajstić information content (AvgIpc) is 1.06. The van der Waals surface area contributed by atoms with Crippen LogP contribution >= 0.6 is 0 Å². The molecule has 16 rings (SSSR count). The van der Waals surface area contributed by atoms with Gasteiger partial charge in [0, 0.05) is 96.9 Å². The Morgan fingerprint density at radius 1 is 0.162 bits per heavy atom. The lowest BCUT2D eigenvalue weighted by Crippen LogP contribution is -2.29. The van der Waals surface area contributed by atoms with E-state index in [1.807, 2.05) is 48.5 Å². The van der Waals surface area contributed by atoms with Crippen LogP contribution in [0.25, 0.3) is 44.6 Å². The molecule has 16 heteroatoms. The van der Waals surface area contributed by atoms with Crippen molar-refractivity contribution in [3.8, 4) is 46.0 Å². The molecule has 0 saturated carbocycles. The van der Waals surface area contributed by atoms with Crippen LogP contribution in [-0.4, -0.2) is 185 Å². The number of piperidine rings is 4. The Hall–Kier alpha value is -9.20. The Kier molecular flexibility index (Phi) is 43.9. The molecule has 8 fully saturated rings. The second-order valence-electron chi connectivity index (χ2n) is 37.0. The van der Waals surface area contributed by atoms with Crippen LogP contribution in [0.15, 0.2) is 146 Å². The van der Waals surface area contributed by atoms with Crippen molar-refractivity contribution in [3.63, 3.8) is 0 Å². The van der Waals surface area contributed by atoms with E-state index in [-0.39, 0.29) is 44.6 Å². The van der Waals surface area contributed by atoms with Crippen molar-refractivity contribution in [2.24, 2.45) is 0 Å². The molecule has 0 radical (unpaired) electrons. The molecule has 712 valence electrons. The van der Waals surface area contributed by atoms with Crippen LogP contribution in [0, 0.1) is 0 Å². The summed E-state index contributed by atoms with van der Waals surface area (Å²) >= 11 is 0. The first-order chi connectivity index (χ1) is 60.0. The molecule has 0 atom stereocenters. The molecule has 0 aromatic heterocycles. The first-order valence-corrected chi connectivity index (χ1v) is 47.1. The number of phenolic OH excluding ortho intramolecular Hbond substituents is 8. The maximum Gasteiger partial charge on any atom is 0.120 e. The Morgan fingerprint density at radius 3 is 0.346 bits per heavy atom. The van der Waals surface area contributed by atoms with Crippen LogP contribution in [0.3, 0.4) is 0 Å². The highest BCUT2D eigenvalue weighted by atomic mass is 16.3. The summed E-state index contributed by atoms with van der Waals surface area (Å²) in [5.74, 6) is 2.98. The minimum absolute atomic E-state index is 0. The fraction of sp³-hybridized carbons (Fsp3) is 0.509. The molecule has 0 aliphatic carbocycles. The van der Waals surface area contributed by atoms with E-state index in [9.17, 15) is 40.9 Å². The molecule has 8 N–H and O–H groups in total. The van der Waals surface area contributed by atoms with Gasteiger partial charge in [-0.05, 0) is 400 Å². The molecule has 130 heavy (non-hydrogen) atoms. The molecule has 8 saturated heterocycles. The maximum atomic E-state index is 10.7. The van der Waals surface area contributed by atoms with E-state index in [2.05, 4.69) is 192 Å². The Morgan fingerprint density at radius 2 is 0.254 bits per heavy atom. The predicted octanol–water partition coefficient (Wildman–Crippen LogP) is 26.3. The summed E-state index contributed by atoms with van der Waals surface area (Å²) in [6, 6.07) is 48.4. The summed E-state index contributed by atoms with van der Waals surface area (Å²) in [6.07, 6.45) is 25.3. The van der Waals surface area contributed by atoms with Gasteiger partial charge in [0.05, 0.1) is 0 Å². The van der Waals surface area contributed by atoms with Crippen molar-refractivity contribution in [2.75, 3.05) is 105 Å². The van der Waals surface area contributed by atoms with Crippen molar-refractivity contribution in [3.05, 3.63) is 235 Å². The third-order valence-electron chi connectivity index (χ3n) is 28.1. The number of aromatic hydroxyl groups is 8. The lowest BCUT2D eigenvalue weighted by Gasteiger charge is -2.27. The minimum Gasteiger partial charge on any atom is -0.508 e. The van der Waals surface area contributed by atoms with Gasteiger partial charge in [-0.15, -0.1) is 0 Å². The van der Waals surface area contributed by atoms with E-state index in [0.29, 0.717) is 46.0 Å². The lowest BCUT2D eigenvalue weighted by molar-refractivity contribution is 0.218. The molecular weight excluding hydrogens is 1610 g/mol. The van der Waals surface area contributed by atoms with E-state index in [4.69, 9.17) is 0 Å². The third kappa shape index (κ3) is 29.9. The molecule has 8 aliphatic heterocycles. The highest BCUT2D eigenvalue weighted by Crippen LogP contribution is 2.40. The van der Waals surface area contributed by atoms with Gasteiger partial charge in [0.15, 0.2) is 0 Å². The number of phenols is 8. The Bertz CT molecular complexity index is 4380. The van der Waals surface area contributed by atoms with Gasteiger partial charge in [-0.2, -0.15) is 0 Å². The normalized spacial score (nSPS) is 18.0. The summed E-state index contributed by atoms with van der Waals surface area (Å²) in [5.41, 5.74) is 25.1. The van der Waals surface area contributed by atoms with Gasteiger partial charge in [0.1, 0.15) is 46.0 Å². The summed E-state index contributed by atoms with van der Waals surface area (Å²) in [4.78, 5) is 19.3. The molecule has 0 amide bonds. The van der Waals surface area contributed by atoms with Gasteiger partial charge in [-0.3, -0.25) is 39.2 Å². The van der Waals surface area contributed by atoms with E-state index in [0.717, 1.165) is 291 Å². The summed E-state index contributed by atoms with van der Waals surface area (Å²) in [5, 5.41) is 85.0.